The van der Waals surface area contributed by atoms with Gasteiger partial charge in [0.2, 0.25) is 29.5 Å². The van der Waals surface area contributed by atoms with E-state index < -0.39 is 76.9 Å². The Labute approximate surface area is 286 Å². The average molecular weight is 736 g/mol. The molecular weight excluding hydrogens is 692 g/mol. The number of para-hydroxylation sites is 1. The lowest BCUT2D eigenvalue weighted by Crippen LogP contribution is -2.62. The smallest absolute Gasteiger partial charge is 0.305 e. The minimum atomic E-state index is -1.51. The van der Waals surface area contributed by atoms with Crippen molar-refractivity contribution in [2.75, 3.05) is 12.8 Å². The summed E-state index contributed by atoms with van der Waals surface area (Å²) >= 11 is 4.88. The number of benzene rings is 1. The maximum absolute atomic E-state index is 14.0. The van der Waals surface area contributed by atoms with Crippen molar-refractivity contribution < 1.29 is 33.9 Å². The quantitative estimate of drug-likeness (QED) is 0.238. The number of rotatable bonds is 8. The first-order valence-electron chi connectivity index (χ1n) is 15.7. The van der Waals surface area contributed by atoms with Crippen molar-refractivity contribution in [3.63, 3.8) is 0 Å². The maximum atomic E-state index is 14.0. The van der Waals surface area contributed by atoms with Crippen LogP contribution in [0.1, 0.15) is 58.9 Å². The highest BCUT2D eigenvalue weighted by Gasteiger charge is 2.44. The van der Waals surface area contributed by atoms with Crippen molar-refractivity contribution in [2.45, 2.75) is 94.8 Å². The second-order valence-electron chi connectivity index (χ2n) is 13.0. The molecule has 0 unspecified atom stereocenters. The van der Waals surface area contributed by atoms with Gasteiger partial charge in [-0.25, -0.2) is 0 Å². The van der Waals surface area contributed by atoms with E-state index >= 15 is 0 Å². The van der Waals surface area contributed by atoms with Crippen LogP contribution >= 0.6 is 27.7 Å². The van der Waals surface area contributed by atoms with Gasteiger partial charge in [0.25, 0.3) is 0 Å². The summed E-state index contributed by atoms with van der Waals surface area (Å²) in [5.41, 5.74) is 1.47. The van der Waals surface area contributed by atoms with Gasteiger partial charge in [-0.05, 0) is 72.8 Å². The van der Waals surface area contributed by atoms with E-state index in [1.54, 1.807) is 20.1 Å². The summed E-state index contributed by atoms with van der Waals surface area (Å²) in [6.45, 7) is 7.55. The molecule has 5 atom stereocenters. The Hall–Kier alpha value is -3.59. The lowest BCUT2D eigenvalue weighted by Gasteiger charge is -2.35. The minimum absolute atomic E-state index is 0.0208. The molecule has 3 heterocycles. The van der Waals surface area contributed by atoms with E-state index in [1.165, 1.54) is 16.7 Å². The van der Waals surface area contributed by atoms with Crippen LogP contribution in [0.25, 0.3) is 10.9 Å². The molecule has 5 amide bonds. The van der Waals surface area contributed by atoms with Crippen molar-refractivity contribution in [2.24, 2.45) is 5.92 Å². The Morgan fingerprint density at radius 3 is 2.28 bits per heavy atom. The van der Waals surface area contributed by atoms with Crippen LogP contribution < -0.4 is 21.3 Å². The number of aliphatic carboxylic acids is 1. The van der Waals surface area contributed by atoms with Crippen LogP contribution in [0.5, 0.6) is 0 Å². The molecule has 256 valence electrons. The number of H-pyrrole nitrogens is 1. The number of carboxylic acid groups (broad SMARTS) is 1. The average Bonchev–Trinajstić information content (AvgIpc) is 3.61. The fourth-order valence-electron chi connectivity index (χ4n) is 6.07. The number of aromatic nitrogens is 1. The Kier molecular flexibility index (Phi) is 11.6. The monoisotopic (exact) mass is 734 g/mol. The SMILES string of the molecule is CSC(C)(C)[C@H]1NC(=O)[C@@H]2CCCN2C(=O)[C@@H](CC(=O)O)NC(=O)[C@H](Cc2c(Br)[nH]c3ccccc23)NC(=O)[C@H](CC(C)C)NC1=O. The zero-order chi connectivity index (χ0) is 34.6. The lowest BCUT2D eigenvalue weighted by molar-refractivity contribution is -0.146. The number of fused-ring (bicyclic) bond motifs is 2. The maximum Gasteiger partial charge on any atom is 0.305 e. The van der Waals surface area contributed by atoms with Gasteiger partial charge in [0.15, 0.2) is 0 Å². The fourth-order valence-corrected chi connectivity index (χ4v) is 7.06. The zero-order valence-corrected chi connectivity index (χ0v) is 29.5. The van der Waals surface area contributed by atoms with Gasteiger partial charge in [-0.3, -0.25) is 28.8 Å². The number of amides is 5. The van der Waals surface area contributed by atoms with Gasteiger partial charge >= 0.3 is 5.97 Å². The van der Waals surface area contributed by atoms with Crippen LogP contribution in [0.3, 0.4) is 0 Å². The molecule has 0 spiro atoms. The molecule has 1 aromatic carbocycles. The molecule has 0 bridgehead atoms. The molecule has 4 rings (SSSR count). The zero-order valence-electron chi connectivity index (χ0n) is 27.1. The largest absolute Gasteiger partial charge is 0.481 e. The number of thioether (sulfide) groups is 1. The molecule has 47 heavy (non-hydrogen) atoms. The number of nitrogens with one attached hydrogen (secondary N) is 5. The summed E-state index contributed by atoms with van der Waals surface area (Å²) in [5, 5.41) is 21.5. The highest BCUT2D eigenvalue weighted by atomic mass is 79.9. The van der Waals surface area contributed by atoms with Gasteiger partial charge in [-0.15, -0.1) is 0 Å². The predicted octanol–water partition coefficient (Wildman–Crippen LogP) is 2.08. The number of hydrogen-bond donors (Lipinski definition) is 6. The van der Waals surface area contributed by atoms with Crippen molar-refractivity contribution in [1.82, 2.24) is 31.2 Å². The number of hydrogen-bond acceptors (Lipinski definition) is 7. The van der Waals surface area contributed by atoms with E-state index in [2.05, 4.69) is 42.2 Å². The third-order valence-corrected chi connectivity index (χ3v) is 10.7. The van der Waals surface area contributed by atoms with Crippen LogP contribution in [0.2, 0.25) is 0 Å². The molecule has 6 N–H and O–H groups in total. The standard InChI is InChI=1S/C32H43BrN6O7S/c1-16(2)13-20-27(42)35-21(14-18-17-9-6-7-10-19(17)34-26(18)33)28(43)37-22(15-24(40)41)31(46)39-12-8-11-23(39)29(44)38-25(30(45)36-20)32(3,4)47-5/h6-7,9-10,16,20-23,25,34H,8,11-15H2,1-5H3,(H,35,42)(H,36,45)(H,37,43)(H,38,44)(H,40,41)/t20-,21-,22+,23-,25-/m0/s1. The first-order chi connectivity index (χ1) is 22.1. The summed E-state index contributed by atoms with van der Waals surface area (Å²) in [6, 6.07) is 1.54. The fraction of sp³-hybridized carbons (Fsp3) is 0.562. The Morgan fingerprint density at radius 2 is 1.62 bits per heavy atom. The molecule has 1 aromatic heterocycles. The first kappa shape index (κ1) is 36.2. The number of nitrogens with zero attached hydrogens (tertiary/aromatic N) is 1. The van der Waals surface area contributed by atoms with Crippen LogP contribution in [-0.2, 0) is 35.2 Å². The summed E-state index contributed by atoms with van der Waals surface area (Å²) in [7, 11) is 0. The molecule has 2 aliphatic heterocycles. The van der Waals surface area contributed by atoms with E-state index in [0.717, 1.165) is 10.9 Å². The molecule has 13 nitrogen and oxygen atoms in total. The van der Waals surface area contributed by atoms with Crippen molar-refractivity contribution >= 4 is 74.1 Å². The summed E-state index contributed by atoms with van der Waals surface area (Å²) in [5.74, 6) is -4.64. The molecule has 0 saturated carbocycles. The van der Waals surface area contributed by atoms with Crippen molar-refractivity contribution in [3.05, 3.63) is 34.4 Å². The van der Waals surface area contributed by atoms with Gasteiger partial charge in [0.05, 0.1) is 11.0 Å². The van der Waals surface area contributed by atoms with Crippen LogP contribution in [-0.4, -0.2) is 98.3 Å². The van der Waals surface area contributed by atoms with Gasteiger partial charge < -0.3 is 36.3 Å². The number of carbonyl (C=O) groups excluding carboxylic acids is 5. The van der Waals surface area contributed by atoms with Gasteiger partial charge in [0.1, 0.15) is 30.2 Å². The molecule has 15 heteroatoms. The van der Waals surface area contributed by atoms with Crippen LogP contribution in [0.15, 0.2) is 28.9 Å². The van der Waals surface area contributed by atoms with Gasteiger partial charge in [0, 0.05) is 28.6 Å². The van der Waals surface area contributed by atoms with E-state index in [4.69, 9.17) is 0 Å². The molecule has 2 saturated heterocycles. The minimum Gasteiger partial charge on any atom is -0.481 e. The Morgan fingerprint density at radius 1 is 0.979 bits per heavy atom. The summed E-state index contributed by atoms with van der Waals surface area (Å²) in [6.07, 6.45) is 2.06. The molecular formula is C32H43BrN6O7S. The van der Waals surface area contributed by atoms with Crippen molar-refractivity contribution in [3.8, 4) is 0 Å². The number of carbonyl (C=O) groups is 6. The molecule has 2 fully saturated rings. The molecule has 2 aliphatic rings. The second kappa shape index (κ2) is 15.1. The highest BCUT2D eigenvalue weighted by molar-refractivity contribution is 9.10. The molecule has 0 aliphatic carbocycles. The summed E-state index contributed by atoms with van der Waals surface area (Å²) < 4.78 is -0.221. The van der Waals surface area contributed by atoms with Crippen LogP contribution in [0.4, 0.5) is 0 Å². The number of aromatic amines is 1. The topological polar surface area (TPSA) is 190 Å². The van der Waals surface area contributed by atoms with Crippen molar-refractivity contribution in [1.29, 1.82) is 0 Å². The lowest BCUT2D eigenvalue weighted by atomic mass is 9.98. The normalized spacial score (nSPS) is 25.0. The number of halogens is 1. The van der Waals surface area contributed by atoms with Gasteiger partial charge in [-0.2, -0.15) is 11.8 Å². The number of carboxylic acids is 1. The Balaban J connectivity index is 1.81. The van der Waals surface area contributed by atoms with Crippen LogP contribution in [0, 0.1) is 5.92 Å². The molecule has 2 aromatic rings. The van der Waals surface area contributed by atoms with E-state index in [1.807, 2.05) is 38.1 Å². The van der Waals surface area contributed by atoms with Gasteiger partial charge in [-0.1, -0.05) is 32.0 Å². The van der Waals surface area contributed by atoms with E-state index in [-0.39, 0.29) is 25.3 Å². The van der Waals surface area contributed by atoms with E-state index in [0.29, 0.717) is 23.0 Å². The highest BCUT2D eigenvalue weighted by Crippen LogP contribution is 2.29. The summed E-state index contributed by atoms with van der Waals surface area (Å²) in [4.78, 5) is 85.8. The third kappa shape index (κ3) is 8.47. The second-order valence-corrected chi connectivity index (χ2v) is 15.3. The third-order valence-electron chi connectivity index (χ3n) is 8.74. The predicted molar refractivity (Wildman–Crippen MR) is 181 cm³/mol. The molecule has 0 radical (unpaired) electrons. The first-order valence-corrected chi connectivity index (χ1v) is 17.7. The Bertz CT molecular complexity index is 1540. The van der Waals surface area contributed by atoms with E-state index in [9.17, 15) is 33.9 Å².